The molecule has 0 atom stereocenters. The third-order valence-corrected chi connectivity index (χ3v) is 3.99. The van der Waals surface area contributed by atoms with E-state index >= 15 is 0 Å². The van der Waals surface area contributed by atoms with E-state index < -0.39 is 34.0 Å². The summed E-state index contributed by atoms with van der Waals surface area (Å²) in [7, 11) is 0. The first-order valence-corrected chi connectivity index (χ1v) is 7.81. The van der Waals surface area contributed by atoms with Gasteiger partial charge in [0.2, 0.25) is 11.8 Å². The number of hydrogen-bond donors (Lipinski definition) is 2. The van der Waals surface area contributed by atoms with Gasteiger partial charge < -0.3 is 10.6 Å². The van der Waals surface area contributed by atoms with Gasteiger partial charge in [-0.2, -0.15) is 0 Å². The lowest BCUT2D eigenvalue weighted by Gasteiger charge is -2.22. The predicted octanol–water partition coefficient (Wildman–Crippen LogP) is 2.29. The van der Waals surface area contributed by atoms with E-state index in [1.54, 1.807) is 12.1 Å². The summed E-state index contributed by atoms with van der Waals surface area (Å²) in [6.45, 7) is 2.30. The minimum atomic E-state index is -0.796. The summed E-state index contributed by atoms with van der Waals surface area (Å²) >= 11 is 0. The Morgan fingerprint density at radius 2 is 1.44 bits per heavy atom. The number of benzene rings is 2. The Labute approximate surface area is 152 Å². The van der Waals surface area contributed by atoms with Crippen molar-refractivity contribution < 1.29 is 24.1 Å². The first-order valence-electron chi connectivity index (χ1n) is 7.81. The molecule has 0 fully saturated rings. The highest BCUT2D eigenvalue weighted by Crippen LogP contribution is 2.42. The van der Waals surface area contributed by atoms with Crippen molar-refractivity contribution in [2.75, 3.05) is 10.6 Å². The number of nitrogens with zero attached hydrogens (tertiary/aromatic N) is 1. The molecule has 0 unspecified atom stereocenters. The second-order valence-electron chi connectivity index (χ2n) is 5.89. The van der Waals surface area contributed by atoms with E-state index in [4.69, 9.17) is 0 Å². The highest BCUT2D eigenvalue weighted by atomic mass is 16.6. The summed E-state index contributed by atoms with van der Waals surface area (Å²) in [5.41, 5.74) is -1.46. The fraction of sp³-hybridized carbons (Fsp3) is 0.111. The topological polar surface area (TPSA) is 135 Å². The van der Waals surface area contributed by atoms with Gasteiger partial charge in [0, 0.05) is 31.0 Å². The third-order valence-electron chi connectivity index (χ3n) is 3.99. The summed E-state index contributed by atoms with van der Waals surface area (Å²) in [6.07, 6.45) is 0. The van der Waals surface area contributed by atoms with Crippen molar-refractivity contribution in [3.05, 3.63) is 62.7 Å². The number of amides is 2. The van der Waals surface area contributed by atoms with Crippen molar-refractivity contribution in [2.45, 2.75) is 13.8 Å². The number of nitro groups is 1. The van der Waals surface area contributed by atoms with Gasteiger partial charge in [-0.15, -0.1) is 0 Å². The number of ketones is 2. The van der Waals surface area contributed by atoms with E-state index in [0.717, 1.165) is 13.0 Å². The Morgan fingerprint density at radius 1 is 0.926 bits per heavy atom. The molecule has 1 aliphatic rings. The number of carbonyl (C=O) groups is 4. The van der Waals surface area contributed by atoms with Crippen LogP contribution in [0.1, 0.15) is 45.7 Å². The number of anilines is 2. The van der Waals surface area contributed by atoms with Crippen LogP contribution < -0.4 is 10.6 Å². The van der Waals surface area contributed by atoms with E-state index in [1.165, 1.54) is 19.1 Å². The van der Waals surface area contributed by atoms with Crippen LogP contribution >= 0.6 is 0 Å². The molecular formula is C18H13N3O6. The van der Waals surface area contributed by atoms with Crippen molar-refractivity contribution >= 4 is 40.4 Å². The number of nitro benzene ring substituents is 1. The molecule has 2 aromatic carbocycles. The van der Waals surface area contributed by atoms with Gasteiger partial charge >= 0.3 is 0 Å². The van der Waals surface area contributed by atoms with Crippen LogP contribution in [0.5, 0.6) is 0 Å². The Hall–Kier alpha value is -3.88. The average molecular weight is 367 g/mol. The molecule has 2 aromatic rings. The second-order valence-corrected chi connectivity index (χ2v) is 5.89. The lowest BCUT2D eigenvalue weighted by molar-refractivity contribution is -0.383. The summed E-state index contributed by atoms with van der Waals surface area (Å²) in [4.78, 5) is 59.8. The quantitative estimate of drug-likeness (QED) is 0.538. The van der Waals surface area contributed by atoms with E-state index in [2.05, 4.69) is 10.6 Å². The van der Waals surface area contributed by atoms with E-state index in [1.807, 2.05) is 0 Å². The number of nitrogens with one attached hydrogen (secondary N) is 2. The van der Waals surface area contributed by atoms with Crippen LogP contribution in [-0.4, -0.2) is 28.3 Å². The van der Waals surface area contributed by atoms with Crippen LogP contribution in [0, 0.1) is 10.1 Å². The second kappa shape index (κ2) is 6.45. The third kappa shape index (κ3) is 2.95. The maximum absolute atomic E-state index is 13.0. The van der Waals surface area contributed by atoms with Crippen LogP contribution in [-0.2, 0) is 9.59 Å². The zero-order chi connectivity index (χ0) is 19.9. The van der Waals surface area contributed by atoms with E-state index in [-0.39, 0.29) is 33.6 Å². The van der Waals surface area contributed by atoms with Gasteiger partial charge in [0.1, 0.15) is 5.69 Å². The van der Waals surface area contributed by atoms with Gasteiger partial charge in [-0.25, -0.2) is 0 Å². The molecule has 0 heterocycles. The molecule has 3 rings (SSSR count). The minimum Gasteiger partial charge on any atom is -0.325 e. The maximum Gasteiger partial charge on any atom is 0.295 e. The van der Waals surface area contributed by atoms with Crippen molar-refractivity contribution in [2.24, 2.45) is 0 Å². The molecule has 0 aliphatic heterocycles. The minimum absolute atomic E-state index is 0.0656. The van der Waals surface area contributed by atoms with Crippen molar-refractivity contribution in [1.82, 2.24) is 0 Å². The molecule has 0 saturated carbocycles. The summed E-state index contributed by atoms with van der Waals surface area (Å²) in [6, 6.07) is 6.97. The molecule has 2 N–H and O–H groups in total. The average Bonchev–Trinajstić information content (AvgIpc) is 2.59. The lowest BCUT2D eigenvalue weighted by atomic mass is 9.81. The van der Waals surface area contributed by atoms with Gasteiger partial charge in [0.05, 0.1) is 21.7 Å². The molecule has 9 heteroatoms. The van der Waals surface area contributed by atoms with Gasteiger partial charge in [0.15, 0.2) is 11.6 Å². The SMILES string of the molecule is CC(=O)Nc1cc([N+](=O)[O-])c(NC(C)=O)c2c1C(=O)c1ccccc1C2=O. The normalized spacial score (nSPS) is 12.1. The number of carbonyl (C=O) groups excluding carboxylic acids is 4. The lowest BCUT2D eigenvalue weighted by Crippen LogP contribution is -2.26. The number of rotatable bonds is 3. The molecule has 9 nitrogen and oxygen atoms in total. The molecule has 2 amide bonds. The molecule has 0 spiro atoms. The number of fused-ring (bicyclic) bond motifs is 2. The Kier molecular flexibility index (Phi) is 4.28. The van der Waals surface area contributed by atoms with E-state index in [0.29, 0.717) is 0 Å². The van der Waals surface area contributed by atoms with Crippen LogP contribution in [0.15, 0.2) is 30.3 Å². The summed E-state index contributed by atoms with van der Waals surface area (Å²) in [5, 5.41) is 16.1. The first kappa shape index (κ1) is 17.9. The predicted molar refractivity (Wildman–Crippen MR) is 95.0 cm³/mol. The Balaban J connectivity index is 2.43. The molecule has 136 valence electrons. The standard InChI is InChI=1S/C18H13N3O6/c1-8(22)19-12-7-13(21(26)27)16(20-9(2)23)15-14(12)17(24)10-5-3-4-6-11(10)18(15)25/h3-7H,1-2H3,(H,19,22)(H,20,23). The Bertz CT molecular complexity index is 1060. The largest absolute Gasteiger partial charge is 0.325 e. The molecular weight excluding hydrogens is 354 g/mol. The van der Waals surface area contributed by atoms with Gasteiger partial charge in [-0.3, -0.25) is 29.3 Å². The smallest absolute Gasteiger partial charge is 0.295 e. The monoisotopic (exact) mass is 367 g/mol. The summed E-state index contributed by atoms with van der Waals surface area (Å²) in [5.74, 6) is -2.45. The highest BCUT2D eigenvalue weighted by molar-refractivity contribution is 6.33. The van der Waals surface area contributed by atoms with Gasteiger partial charge in [-0.05, 0) is 0 Å². The van der Waals surface area contributed by atoms with Crippen LogP contribution in [0.25, 0.3) is 0 Å². The number of hydrogen-bond acceptors (Lipinski definition) is 6. The first-order chi connectivity index (χ1) is 12.7. The molecule has 0 bridgehead atoms. The zero-order valence-corrected chi connectivity index (χ0v) is 14.3. The summed E-state index contributed by atoms with van der Waals surface area (Å²) < 4.78 is 0. The van der Waals surface area contributed by atoms with Crippen LogP contribution in [0.3, 0.4) is 0 Å². The van der Waals surface area contributed by atoms with Crippen LogP contribution in [0.4, 0.5) is 17.1 Å². The maximum atomic E-state index is 13.0. The van der Waals surface area contributed by atoms with Gasteiger partial charge in [0.25, 0.3) is 5.69 Å². The molecule has 0 aromatic heterocycles. The van der Waals surface area contributed by atoms with Crippen LogP contribution in [0.2, 0.25) is 0 Å². The van der Waals surface area contributed by atoms with E-state index in [9.17, 15) is 29.3 Å². The molecule has 0 saturated heterocycles. The van der Waals surface area contributed by atoms with Crippen molar-refractivity contribution in [1.29, 1.82) is 0 Å². The van der Waals surface area contributed by atoms with Crippen molar-refractivity contribution in [3.8, 4) is 0 Å². The Morgan fingerprint density at radius 3 is 1.93 bits per heavy atom. The fourth-order valence-electron chi connectivity index (χ4n) is 3.01. The molecule has 0 radical (unpaired) electrons. The molecule has 1 aliphatic carbocycles. The van der Waals surface area contributed by atoms with Gasteiger partial charge in [-0.1, -0.05) is 24.3 Å². The highest BCUT2D eigenvalue weighted by Gasteiger charge is 2.38. The van der Waals surface area contributed by atoms with Crippen molar-refractivity contribution in [3.63, 3.8) is 0 Å². The molecule has 27 heavy (non-hydrogen) atoms. The fourth-order valence-corrected chi connectivity index (χ4v) is 3.01. The zero-order valence-electron chi connectivity index (χ0n) is 14.3.